The summed E-state index contributed by atoms with van der Waals surface area (Å²) in [7, 11) is 0. The Morgan fingerprint density at radius 3 is 2.58 bits per heavy atom. The van der Waals surface area contributed by atoms with Crippen LogP contribution in [0.15, 0.2) is 78.1 Å². The molecule has 8 nitrogen and oxygen atoms in total. The van der Waals surface area contributed by atoms with E-state index in [1.54, 1.807) is 42.9 Å². The number of H-pyrrole nitrogens is 1. The third kappa shape index (κ3) is 5.09. The number of halogens is 3. The molecule has 1 aromatic carbocycles. The molecule has 3 N–H and O–H groups in total. The maximum absolute atomic E-state index is 12.8. The normalized spacial score (nSPS) is 11.2. The molecule has 0 aliphatic heterocycles. The van der Waals surface area contributed by atoms with Gasteiger partial charge in [0.2, 0.25) is 0 Å². The van der Waals surface area contributed by atoms with Crippen molar-refractivity contribution in [3.8, 4) is 16.9 Å². The highest BCUT2D eigenvalue weighted by Crippen LogP contribution is 2.29. The van der Waals surface area contributed by atoms with Crippen LogP contribution in [0.4, 0.5) is 23.7 Å². The van der Waals surface area contributed by atoms with E-state index in [0.717, 1.165) is 12.1 Å². The summed E-state index contributed by atoms with van der Waals surface area (Å²) in [4.78, 5) is 33.1. The maximum Gasteiger partial charge on any atom is 0.416 e. The minimum atomic E-state index is -4.44. The molecule has 0 saturated heterocycles. The Morgan fingerprint density at radius 2 is 1.88 bits per heavy atom. The van der Waals surface area contributed by atoms with Crippen molar-refractivity contribution in [3.63, 3.8) is 0 Å². The van der Waals surface area contributed by atoms with Crippen LogP contribution in [0.25, 0.3) is 16.9 Å². The molecule has 0 bridgehead atoms. The number of carbonyl (C=O) groups is 1. The number of urea groups is 1. The van der Waals surface area contributed by atoms with Gasteiger partial charge >= 0.3 is 12.2 Å². The summed E-state index contributed by atoms with van der Waals surface area (Å²) in [6, 6.07) is 10.3. The summed E-state index contributed by atoms with van der Waals surface area (Å²) in [5.74, 6) is 0.331. The number of pyridine rings is 2. The van der Waals surface area contributed by atoms with Crippen molar-refractivity contribution < 1.29 is 18.0 Å². The van der Waals surface area contributed by atoms with Gasteiger partial charge in [0.1, 0.15) is 0 Å². The maximum atomic E-state index is 12.8. The molecular formula is C22H17F3N6O2. The first-order valence-corrected chi connectivity index (χ1v) is 9.69. The molecule has 0 atom stereocenters. The van der Waals surface area contributed by atoms with E-state index < -0.39 is 17.8 Å². The monoisotopic (exact) mass is 454 g/mol. The lowest BCUT2D eigenvalue weighted by Gasteiger charge is -2.10. The van der Waals surface area contributed by atoms with E-state index in [-0.39, 0.29) is 17.8 Å². The predicted molar refractivity (Wildman–Crippen MR) is 115 cm³/mol. The van der Waals surface area contributed by atoms with Crippen molar-refractivity contribution in [1.29, 1.82) is 0 Å². The summed E-state index contributed by atoms with van der Waals surface area (Å²) in [5, 5.41) is 7.94. The van der Waals surface area contributed by atoms with Crippen molar-refractivity contribution in [1.82, 2.24) is 25.1 Å². The van der Waals surface area contributed by atoms with Crippen molar-refractivity contribution >= 4 is 11.7 Å². The van der Waals surface area contributed by atoms with Gasteiger partial charge in [-0.2, -0.15) is 13.2 Å². The number of nitrogens with zero attached hydrogens (tertiary/aromatic N) is 3. The molecule has 0 fully saturated rings. The fraction of sp³-hybridized carbons (Fsp3) is 0.0909. The number of hydrogen-bond acceptors (Lipinski definition) is 4. The minimum Gasteiger partial charge on any atom is -0.334 e. The molecule has 4 aromatic rings. The molecule has 0 aliphatic rings. The number of anilines is 1. The van der Waals surface area contributed by atoms with E-state index in [1.165, 1.54) is 23.0 Å². The van der Waals surface area contributed by atoms with Gasteiger partial charge in [-0.15, -0.1) is 0 Å². The van der Waals surface area contributed by atoms with Crippen LogP contribution in [0.1, 0.15) is 11.1 Å². The molecule has 0 saturated carbocycles. The SMILES string of the molecule is O=C(NCc1ccnc(-n2[nH]cc(-c3cccnc3)c2=O)c1)Nc1ccc(C(F)(F)F)cc1. The molecule has 0 unspecified atom stereocenters. The van der Waals surface area contributed by atoms with E-state index >= 15 is 0 Å². The molecule has 168 valence electrons. The average molecular weight is 454 g/mol. The molecule has 33 heavy (non-hydrogen) atoms. The van der Waals surface area contributed by atoms with Gasteiger partial charge in [-0.25, -0.2) is 14.5 Å². The Labute approximate surface area is 185 Å². The molecule has 0 spiro atoms. The predicted octanol–water partition coefficient (Wildman–Crippen LogP) is 3.96. The van der Waals surface area contributed by atoms with Crippen molar-refractivity contribution in [2.45, 2.75) is 12.7 Å². The van der Waals surface area contributed by atoms with Crippen LogP contribution in [-0.4, -0.2) is 25.8 Å². The number of rotatable bonds is 5. The number of hydrogen-bond donors (Lipinski definition) is 3. The minimum absolute atomic E-state index is 0.104. The average Bonchev–Trinajstić information content (AvgIpc) is 3.19. The van der Waals surface area contributed by atoms with Crippen LogP contribution in [0.3, 0.4) is 0 Å². The van der Waals surface area contributed by atoms with E-state index in [1.807, 2.05) is 0 Å². The van der Waals surface area contributed by atoms with Crippen LogP contribution in [0.2, 0.25) is 0 Å². The number of aromatic amines is 1. The fourth-order valence-electron chi connectivity index (χ4n) is 3.06. The second-order valence-corrected chi connectivity index (χ2v) is 6.97. The summed E-state index contributed by atoms with van der Waals surface area (Å²) in [6.45, 7) is 0.104. The molecule has 0 radical (unpaired) electrons. The van der Waals surface area contributed by atoms with E-state index in [9.17, 15) is 22.8 Å². The van der Waals surface area contributed by atoms with Crippen LogP contribution in [0.5, 0.6) is 0 Å². The molecule has 2 amide bonds. The summed E-state index contributed by atoms with van der Waals surface area (Å²) in [6.07, 6.45) is 1.80. The number of amides is 2. The molecule has 0 aliphatic carbocycles. The third-order valence-corrected chi connectivity index (χ3v) is 4.71. The van der Waals surface area contributed by atoms with Gasteiger partial charge in [-0.3, -0.25) is 14.9 Å². The van der Waals surface area contributed by atoms with Gasteiger partial charge in [0.05, 0.1) is 11.1 Å². The highest BCUT2D eigenvalue weighted by Gasteiger charge is 2.30. The Morgan fingerprint density at radius 1 is 1.09 bits per heavy atom. The van der Waals surface area contributed by atoms with Gasteiger partial charge < -0.3 is 10.6 Å². The quantitative estimate of drug-likeness (QED) is 0.425. The highest BCUT2D eigenvalue weighted by molar-refractivity contribution is 5.89. The summed E-state index contributed by atoms with van der Waals surface area (Å²) < 4.78 is 39.2. The topological polar surface area (TPSA) is 105 Å². The van der Waals surface area contributed by atoms with Crippen molar-refractivity contribution in [3.05, 3.63) is 94.8 Å². The number of aromatic nitrogens is 4. The Bertz CT molecular complexity index is 1310. The van der Waals surface area contributed by atoms with Crippen LogP contribution >= 0.6 is 0 Å². The number of alkyl halides is 3. The van der Waals surface area contributed by atoms with Crippen molar-refractivity contribution in [2.75, 3.05) is 5.32 Å². The first kappa shape index (κ1) is 21.8. The van der Waals surface area contributed by atoms with Crippen LogP contribution < -0.4 is 16.2 Å². The fourth-order valence-corrected chi connectivity index (χ4v) is 3.06. The first-order chi connectivity index (χ1) is 15.8. The Balaban J connectivity index is 1.41. The molecule has 3 heterocycles. The third-order valence-electron chi connectivity index (χ3n) is 4.71. The first-order valence-electron chi connectivity index (χ1n) is 9.69. The summed E-state index contributed by atoms with van der Waals surface area (Å²) >= 11 is 0. The standard InChI is InChI=1S/C22H17F3N6O2/c23-22(24,25)16-3-5-17(6-4-16)30-21(33)28-11-14-7-9-27-19(10-14)31-20(32)18(13-29-31)15-2-1-8-26-12-15/h1-10,12-13,29H,11H2,(H2,28,30,33). The highest BCUT2D eigenvalue weighted by atomic mass is 19.4. The second-order valence-electron chi connectivity index (χ2n) is 6.97. The van der Waals surface area contributed by atoms with Gasteiger partial charge in [-0.1, -0.05) is 6.07 Å². The van der Waals surface area contributed by atoms with Gasteiger partial charge in [0.15, 0.2) is 5.82 Å². The molecule has 3 aromatic heterocycles. The molecule has 11 heteroatoms. The van der Waals surface area contributed by atoms with Gasteiger partial charge in [-0.05, 0) is 48.0 Å². The summed E-state index contributed by atoms with van der Waals surface area (Å²) in [5.41, 5.74) is 0.869. The van der Waals surface area contributed by atoms with Crippen molar-refractivity contribution in [2.24, 2.45) is 0 Å². The number of benzene rings is 1. The zero-order valence-electron chi connectivity index (χ0n) is 16.9. The number of carbonyl (C=O) groups excluding carboxylic acids is 1. The van der Waals surface area contributed by atoms with Crippen LogP contribution in [0, 0.1) is 0 Å². The second kappa shape index (κ2) is 8.99. The lowest BCUT2D eigenvalue weighted by molar-refractivity contribution is -0.137. The van der Waals surface area contributed by atoms with Crippen LogP contribution in [-0.2, 0) is 12.7 Å². The lowest BCUT2D eigenvalue weighted by atomic mass is 10.2. The molecular weight excluding hydrogens is 437 g/mol. The Hall–Kier alpha value is -4.41. The van der Waals surface area contributed by atoms with E-state index in [2.05, 4.69) is 25.7 Å². The lowest BCUT2D eigenvalue weighted by Crippen LogP contribution is -2.28. The van der Waals surface area contributed by atoms with E-state index in [0.29, 0.717) is 22.5 Å². The van der Waals surface area contributed by atoms with E-state index in [4.69, 9.17) is 0 Å². The zero-order valence-corrected chi connectivity index (χ0v) is 16.9. The molecule has 4 rings (SSSR count). The van der Waals surface area contributed by atoms with Gasteiger partial charge in [0, 0.05) is 42.6 Å². The largest absolute Gasteiger partial charge is 0.416 e. The van der Waals surface area contributed by atoms with Gasteiger partial charge in [0.25, 0.3) is 5.56 Å². The number of nitrogens with one attached hydrogen (secondary N) is 3. The smallest absolute Gasteiger partial charge is 0.334 e. The Kier molecular flexibility index (Phi) is 5.94. The zero-order chi connectivity index (χ0) is 23.4.